The molecule has 0 aliphatic carbocycles. The number of nitrogens with zero attached hydrogens (tertiary/aromatic N) is 4. The molecular weight excluding hydrogens is 394 g/mol. The van der Waals surface area contributed by atoms with Gasteiger partial charge in [-0.25, -0.2) is 0 Å². The predicted octanol–water partition coefficient (Wildman–Crippen LogP) is 3.56. The summed E-state index contributed by atoms with van der Waals surface area (Å²) in [6.45, 7) is 1.14. The topological polar surface area (TPSA) is 74.5 Å². The number of nitrogens with one attached hydrogen (secondary N) is 1. The van der Waals surface area contributed by atoms with E-state index in [9.17, 15) is 4.79 Å². The second kappa shape index (κ2) is 9.61. The summed E-state index contributed by atoms with van der Waals surface area (Å²) < 4.78 is 6.03. The summed E-state index contributed by atoms with van der Waals surface area (Å²) in [5, 5.41) is 12.1. The Morgan fingerprint density at radius 3 is 2.64 bits per heavy atom. The van der Waals surface area contributed by atoms with Crippen LogP contribution in [0.3, 0.4) is 0 Å². The van der Waals surface area contributed by atoms with Crippen LogP contribution in [0.5, 0.6) is 0 Å². The molecule has 0 bridgehead atoms. The monoisotopic (exact) mass is 417 g/mol. The van der Waals surface area contributed by atoms with Crippen LogP contribution in [0.25, 0.3) is 0 Å². The van der Waals surface area contributed by atoms with Crippen LogP contribution in [-0.4, -0.2) is 47.9 Å². The third kappa shape index (κ3) is 5.74. The lowest BCUT2D eigenvalue weighted by molar-refractivity contribution is -0.127. The van der Waals surface area contributed by atoms with Crippen molar-refractivity contribution in [2.24, 2.45) is 0 Å². The van der Waals surface area contributed by atoms with Crippen molar-refractivity contribution in [2.75, 3.05) is 37.1 Å². The number of amides is 1. The van der Waals surface area contributed by atoms with E-state index in [0.29, 0.717) is 24.0 Å². The Bertz CT molecular complexity index is 878. The molecule has 3 rings (SSSR count). The molecule has 0 radical (unpaired) electrons. The van der Waals surface area contributed by atoms with E-state index in [-0.39, 0.29) is 5.91 Å². The lowest BCUT2D eigenvalue weighted by Gasteiger charge is -2.18. The van der Waals surface area contributed by atoms with E-state index in [1.807, 2.05) is 45.4 Å². The summed E-state index contributed by atoms with van der Waals surface area (Å²) in [7, 11) is 5.83. The molecule has 0 saturated heterocycles. The molecule has 0 fully saturated rings. The van der Waals surface area contributed by atoms with Gasteiger partial charge < -0.3 is 19.5 Å². The van der Waals surface area contributed by atoms with Gasteiger partial charge in [-0.15, -0.1) is 10.2 Å². The number of aromatic nitrogens is 2. The normalized spacial score (nSPS) is 10.7. The van der Waals surface area contributed by atoms with Crippen LogP contribution in [0, 0.1) is 0 Å². The zero-order chi connectivity index (χ0) is 19.9. The molecule has 0 spiro atoms. The highest BCUT2D eigenvalue weighted by atomic mass is 32.2. The first-order valence-electron chi connectivity index (χ1n) is 8.74. The lowest BCUT2D eigenvalue weighted by atomic mass is 10.2. The van der Waals surface area contributed by atoms with Crippen LogP contribution in [0.4, 0.5) is 10.8 Å². The highest BCUT2D eigenvalue weighted by Gasteiger charge is 2.13. The average Bonchev–Trinajstić information content (AvgIpc) is 3.36. The van der Waals surface area contributed by atoms with Crippen molar-refractivity contribution in [1.29, 1.82) is 0 Å². The van der Waals surface area contributed by atoms with E-state index in [4.69, 9.17) is 4.42 Å². The minimum atomic E-state index is 0.0574. The summed E-state index contributed by atoms with van der Waals surface area (Å²) in [6, 6.07) is 12.0. The average molecular weight is 418 g/mol. The number of carbonyl (C=O) groups is 1. The smallest absolute Gasteiger partial charge is 0.233 e. The molecule has 9 heteroatoms. The molecule has 2 heterocycles. The zero-order valence-corrected chi connectivity index (χ0v) is 17.7. The van der Waals surface area contributed by atoms with Gasteiger partial charge >= 0.3 is 0 Å². The van der Waals surface area contributed by atoms with Crippen LogP contribution in [0.2, 0.25) is 0 Å². The largest absolute Gasteiger partial charge is 0.467 e. The van der Waals surface area contributed by atoms with Gasteiger partial charge in [-0.1, -0.05) is 35.2 Å². The van der Waals surface area contributed by atoms with Crippen molar-refractivity contribution in [3.05, 3.63) is 54.0 Å². The van der Waals surface area contributed by atoms with Crippen molar-refractivity contribution in [3.63, 3.8) is 0 Å². The van der Waals surface area contributed by atoms with E-state index in [2.05, 4.69) is 32.5 Å². The van der Waals surface area contributed by atoms with Crippen molar-refractivity contribution in [3.8, 4) is 0 Å². The quantitative estimate of drug-likeness (QED) is 0.534. The van der Waals surface area contributed by atoms with E-state index in [1.165, 1.54) is 23.1 Å². The minimum Gasteiger partial charge on any atom is -0.467 e. The Morgan fingerprint density at radius 2 is 1.96 bits per heavy atom. The maximum atomic E-state index is 12.4. The fourth-order valence-corrected chi connectivity index (χ4v) is 4.10. The highest BCUT2D eigenvalue weighted by Crippen LogP contribution is 2.26. The summed E-state index contributed by atoms with van der Waals surface area (Å²) in [5.41, 5.74) is 2.24. The van der Waals surface area contributed by atoms with Gasteiger partial charge in [0.1, 0.15) is 5.76 Å². The first-order valence-corrected chi connectivity index (χ1v) is 10.5. The number of anilines is 2. The number of hydrogen-bond acceptors (Lipinski definition) is 8. The summed E-state index contributed by atoms with van der Waals surface area (Å²) in [5.74, 6) is 1.22. The maximum absolute atomic E-state index is 12.4. The number of furan rings is 1. The first kappa shape index (κ1) is 20.2. The molecule has 28 heavy (non-hydrogen) atoms. The molecule has 0 saturated carbocycles. The molecule has 0 aliphatic rings. The molecule has 3 aromatic rings. The third-order valence-corrected chi connectivity index (χ3v) is 6.02. The summed E-state index contributed by atoms with van der Waals surface area (Å²) in [6.07, 6.45) is 1.64. The van der Waals surface area contributed by atoms with Gasteiger partial charge in [-0.2, -0.15) is 0 Å². The van der Waals surface area contributed by atoms with Crippen LogP contribution in [-0.2, 0) is 17.9 Å². The molecule has 0 unspecified atom stereocenters. The van der Waals surface area contributed by atoms with Crippen LogP contribution >= 0.6 is 23.1 Å². The first-order chi connectivity index (χ1) is 13.5. The van der Waals surface area contributed by atoms with Gasteiger partial charge in [-0.3, -0.25) is 4.79 Å². The summed E-state index contributed by atoms with van der Waals surface area (Å²) >= 11 is 2.83. The van der Waals surface area contributed by atoms with Gasteiger partial charge in [0, 0.05) is 33.4 Å². The van der Waals surface area contributed by atoms with Gasteiger partial charge in [0.15, 0.2) is 4.34 Å². The van der Waals surface area contributed by atoms with E-state index < -0.39 is 0 Å². The maximum Gasteiger partial charge on any atom is 0.233 e. The fraction of sp³-hybridized carbons (Fsp3) is 0.316. The van der Waals surface area contributed by atoms with Gasteiger partial charge in [0.2, 0.25) is 11.0 Å². The molecule has 0 atom stereocenters. The van der Waals surface area contributed by atoms with Crippen LogP contribution in [0.1, 0.15) is 11.3 Å². The molecule has 1 aromatic carbocycles. The van der Waals surface area contributed by atoms with E-state index in [1.54, 1.807) is 11.2 Å². The lowest BCUT2D eigenvalue weighted by Crippen LogP contribution is -2.27. The number of rotatable bonds is 9. The second-order valence-electron chi connectivity index (χ2n) is 6.41. The fourth-order valence-electron chi connectivity index (χ4n) is 2.41. The second-order valence-corrected chi connectivity index (χ2v) is 8.61. The SMILES string of the molecule is CN(Cc1ccc(N(C)C)cc1)C(=O)CSc1nnc(NCc2ccco2)s1. The van der Waals surface area contributed by atoms with Crippen molar-refractivity contribution < 1.29 is 9.21 Å². The van der Waals surface area contributed by atoms with Crippen molar-refractivity contribution >= 4 is 39.8 Å². The molecule has 7 nitrogen and oxygen atoms in total. The minimum absolute atomic E-state index is 0.0574. The molecule has 2 aromatic heterocycles. The standard InChI is InChI=1S/C19H23N5O2S2/c1-23(2)15-8-6-14(7-9-15)12-24(3)17(25)13-27-19-22-21-18(28-19)20-11-16-5-4-10-26-16/h4-10H,11-13H2,1-3H3,(H,20,21). The molecule has 1 N–H and O–H groups in total. The predicted molar refractivity (Wildman–Crippen MR) is 114 cm³/mol. The Hall–Kier alpha value is -2.52. The van der Waals surface area contributed by atoms with Crippen molar-refractivity contribution in [2.45, 2.75) is 17.4 Å². The number of thioether (sulfide) groups is 1. The molecule has 1 amide bonds. The third-order valence-electron chi connectivity index (χ3n) is 4.02. The van der Waals surface area contributed by atoms with E-state index in [0.717, 1.165) is 21.4 Å². The number of carbonyl (C=O) groups excluding carboxylic acids is 1. The Morgan fingerprint density at radius 1 is 1.18 bits per heavy atom. The van der Waals surface area contributed by atoms with Gasteiger partial charge in [-0.05, 0) is 29.8 Å². The van der Waals surface area contributed by atoms with Crippen LogP contribution in [0.15, 0.2) is 51.4 Å². The van der Waals surface area contributed by atoms with Crippen LogP contribution < -0.4 is 10.2 Å². The van der Waals surface area contributed by atoms with Gasteiger partial charge in [0.25, 0.3) is 0 Å². The number of hydrogen-bond donors (Lipinski definition) is 1. The zero-order valence-electron chi connectivity index (χ0n) is 16.1. The van der Waals surface area contributed by atoms with Gasteiger partial charge in [0.05, 0.1) is 18.6 Å². The number of benzene rings is 1. The molecule has 148 valence electrons. The molecular formula is C19H23N5O2S2. The Balaban J connectivity index is 1.44. The van der Waals surface area contributed by atoms with Crippen molar-refractivity contribution in [1.82, 2.24) is 15.1 Å². The van der Waals surface area contributed by atoms with E-state index >= 15 is 0 Å². The Kier molecular flexibility index (Phi) is 6.94. The highest BCUT2D eigenvalue weighted by molar-refractivity contribution is 8.01. The Labute approximate surface area is 172 Å². The molecule has 0 aliphatic heterocycles. The summed E-state index contributed by atoms with van der Waals surface area (Å²) in [4.78, 5) is 16.2.